The Balaban J connectivity index is 1.78. The molecule has 0 aliphatic carbocycles. The van der Waals surface area contributed by atoms with Crippen LogP contribution in [0.15, 0.2) is 0 Å². The van der Waals surface area contributed by atoms with Gasteiger partial charge in [-0.15, -0.1) is 0 Å². The van der Waals surface area contributed by atoms with Gasteiger partial charge in [-0.3, -0.25) is 0 Å². The second-order valence-electron chi connectivity index (χ2n) is 6.48. The van der Waals surface area contributed by atoms with Crippen LogP contribution in [0.5, 0.6) is 0 Å². The first-order chi connectivity index (χ1) is 8.46. The van der Waals surface area contributed by atoms with E-state index in [1.54, 1.807) is 0 Å². The molecule has 104 valence electrons. The van der Waals surface area contributed by atoms with E-state index in [1.165, 1.54) is 19.3 Å². The van der Waals surface area contributed by atoms with E-state index >= 15 is 0 Å². The Labute approximate surface area is 109 Å². The highest BCUT2D eigenvalue weighted by Gasteiger charge is 2.32. The van der Waals surface area contributed by atoms with Gasteiger partial charge in [0, 0.05) is 6.54 Å². The first-order valence-electron chi connectivity index (χ1n) is 7.07. The molecule has 0 aromatic heterocycles. The lowest BCUT2D eigenvalue weighted by Crippen LogP contribution is -2.34. The fourth-order valence-electron chi connectivity index (χ4n) is 2.97. The van der Waals surface area contributed by atoms with E-state index in [9.17, 15) is 4.79 Å². The van der Waals surface area contributed by atoms with Gasteiger partial charge in [-0.2, -0.15) is 0 Å². The third-order valence-corrected chi connectivity index (χ3v) is 4.28. The van der Waals surface area contributed by atoms with Gasteiger partial charge in [0.1, 0.15) is 0 Å². The molecule has 0 bridgehead atoms. The van der Waals surface area contributed by atoms with Crippen molar-refractivity contribution in [2.45, 2.75) is 58.2 Å². The fraction of sp³-hybridized carbons (Fsp3) is 0.929. The minimum Gasteiger partial charge on any atom is -0.479 e. The number of ether oxygens (including phenoxy) is 1. The maximum absolute atomic E-state index is 10.8. The molecule has 2 aliphatic rings. The van der Waals surface area contributed by atoms with Gasteiger partial charge < -0.3 is 14.7 Å². The molecule has 2 aliphatic heterocycles. The zero-order valence-electron chi connectivity index (χ0n) is 11.5. The predicted octanol–water partition coefficient (Wildman–Crippen LogP) is 2.13. The summed E-state index contributed by atoms with van der Waals surface area (Å²) in [5.74, 6) is -0.811. The summed E-state index contributed by atoms with van der Waals surface area (Å²) in [4.78, 5) is 13.3. The molecule has 2 saturated heterocycles. The predicted molar refractivity (Wildman–Crippen MR) is 69.6 cm³/mol. The van der Waals surface area contributed by atoms with Crippen LogP contribution in [0, 0.1) is 5.41 Å². The average molecular weight is 255 g/mol. The minimum absolute atomic E-state index is 0.118. The van der Waals surface area contributed by atoms with E-state index in [-0.39, 0.29) is 6.10 Å². The van der Waals surface area contributed by atoms with Gasteiger partial charge in [0.15, 0.2) is 6.10 Å². The summed E-state index contributed by atoms with van der Waals surface area (Å²) < 4.78 is 5.58. The van der Waals surface area contributed by atoms with Crippen LogP contribution in [0.25, 0.3) is 0 Å². The minimum atomic E-state index is -0.811. The molecule has 0 spiro atoms. The topological polar surface area (TPSA) is 49.8 Å². The van der Waals surface area contributed by atoms with Crippen molar-refractivity contribution < 1.29 is 14.6 Å². The Kier molecular flexibility index (Phi) is 4.28. The quantitative estimate of drug-likeness (QED) is 0.839. The van der Waals surface area contributed by atoms with E-state index in [1.807, 2.05) is 0 Å². The lowest BCUT2D eigenvalue weighted by molar-refractivity contribution is -0.149. The first kappa shape index (κ1) is 13.8. The zero-order valence-corrected chi connectivity index (χ0v) is 11.5. The molecular formula is C14H25NO3. The van der Waals surface area contributed by atoms with Gasteiger partial charge in [-0.25, -0.2) is 4.79 Å². The molecule has 1 N–H and O–H groups in total. The van der Waals surface area contributed by atoms with Crippen molar-refractivity contribution in [3.8, 4) is 0 Å². The maximum Gasteiger partial charge on any atom is 0.332 e. The smallest absolute Gasteiger partial charge is 0.332 e. The number of rotatable bonds is 3. The van der Waals surface area contributed by atoms with Crippen molar-refractivity contribution in [1.82, 2.24) is 4.90 Å². The number of aliphatic carboxylic acids is 1. The number of carboxylic acids is 1. The lowest BCUT2D eigenvalue weighted by atomic mass is 9.85. The first-order valence-corrected chi connectivity index (χ1v) is 7.07. The van der Waals surface area contributed by atoms with Crippen LogP contribution in [0.3, 0.4) is 0 Å². The second-order valence-corrected chi connectivity index (χ2v) is 6.48. The summed E-state index contributed by atoms with van der Waals surface area (Å²) >= 11 is 0. The molecule has 2 unspecified atom stereocenters. The summed E-state index contributed by atoms with van der Waals surface area (Å²) in [5.41, 5.74) is 0.453. The van der Waals surface area contributed by atoms with Crippen LogP contribution >= 0.6 is 0 Å². The molecule has 0 aromatic rings. The molecule has 2 rings (SSSR count). The van der Waals surface area contributed by atoms with Crippen molar-refractivity contribution in [1.29, 1.82) is 0 Å². The van der Waals surface area contributed by atoms with Crippen molar-refractivity contribution in [2.24, 2.45) is 5.41 Å². The van der Waals surface area contributed by atoms with E-state index < -0.39 is 12.1 Å². The Morgan fingerprint density at radius 3 is 2.78 bits per heavy atom. The van der Waals surface area contributed by atoms with Crippen LogP contribution in [0.1, 0.15) is 46.0 Å². The molecule has 0 saturated carbocycles. The third kappa shape index (κ3) is 3.69. The molecule has 4 nitrogen and oxygen atoms in total. The average Bonchev–Trinajstić information content (AvgIpc) is 2.67. The van der Waals surface area contributed by atoms with Gasteiger partial charge in [0.2, 0.25) is 0 Å². The molecule has 0 aromatic carbocycles. The number of carboxylic acid groups (broad SMARTS) is 1. The maximum atomic E-state index is 10.8. The highest BCUT2D eigenvalue weighted by molar-refractivity contribution is 5.72. The Morgan fingerprint density at radius 1 is 1.33 bits per heavy atom. The van der Waals surface area contributed by atoms with Crippen molar-refractivity contribution in [3.05, 3.63) is 0 Å². The van der Waals surface area contributed by atoms with Crippen molar-refractivity contribution >= 4 is 5.97 Å². The van der Waals surface area contributed by atoms with Gasteiger partial charge in [0.25, 0.3) is 0 Å². The Morgan fingerprint density at radius 2 is 2.11 bits per heavy atom. The Hall–Kier alpha value is -0.610. The van der Waals surface area contributed by atoms with Crippen molar-refractivity contribution in [2.75, 3.05) is 19.6 Å². The van der Waals surface area contributed by atoms with Crippen LogP contribution in [0.4, 0.5) is 0 Å². The molecule has 2 heterocycles. The van der Waals surface area contributed by atoms with Crippen LogP contribution in [0.2, 0.25) is 0 Å². The SMILES string of the molecule is CC1(C)CCCN(CC2CCC(C(=O)O)O2)CC1. The highest BCUT2D eigenvalue weighted by Crippen LogP contribution is 2.30. The monoisotopic (exact) mass is 255 g/mol. The fourth-order valence-corrected chi connectivity index (χ4v) is 2.97. The molecule has 0 amide bonds. The second kappa shape index (κ2) is 5.57. The van der Waals surface area contributed by atoms with Gasteiger partial charge in [0.05, 0.1) is 6.10 Å². The standard InChI is InChI=1S/C14H25NO3/c1-14(2)6-3-8-15(9-7-14)10-11-4-5-12(18-11)13(16)17/h11-12H,3-10H2,1-2H3,(H,16,17). The van der Waals surface area contributed by atoms with E-state index in [0.717, 1.165) is 26.1 Å². The summed E-state index contributed by atoms with van der Waals surface area (Å²) in [6, 6.07) is 0. The summed E-state index contributed by atoms with van der Waals surface area (Å²) in [5, 5.41) is 8.91. The summed E-state index contributed by atoms with van der Waals surface area (Å²) in [6.07, 6.45) is 4.85. The highest BCUT2D eigenvalue weighted by atomic mass is 16.5. The number of hydrogen-bond acceptors (Lipinski definition) is 3. The van der Waals surface area contributed by atoms with Crippen LogP contribution in [-0.4, -0.2) is 47.8 Å². The van der Waals surface area contributed by atoms with Crippen molar-refractivity contribution in [3.63, 3.8) is 0 Å². The summed E-state index contributed by atoms with van der Waals surface area (Å²) in [6.45, 7) is 7.82. The van der Waals surface area contributed by atoms with E-state index in [4.69, 9.17) is 9.84 Å². The molecule has 0 radical (unpaired) electrons. The zero-order chi connectivity index (χ0) is 13.2. The van der Waals surface area contributed by atoms with Gasteiger partial charge >= 0.3 is 5.97 Å². The third-order valence-electron chi connectivity index (χ3n) is 4.28. The largest absolute Gasteiger partial charge is 0.479 e. The summed E-state index contributed by atoms with van der Waals surface area (Å²) in [7, 11) is 0. The molecule has 2 fully saturated rings. The number of hydrogen-bond donors (Lipinski definition) is 1. The molecular weight excluding hydrogens is 230 g/mol. The molecule has 2 atom stereocenters. The van der Waals surface area contributed by atoms with E-state index in [2.05, 4.69) is 18.7 Å². The molecule has 18 heavy (non-hydrogen) atoms. The molecule has 4 heteroatoms. The van der Waals surface area contributed by atoms with Gasteiger partial charge in [-0.1, -0.05) is 13.8 Å². The number of carbonyl (C=O) groups is 1. The number of likely N-dealkylation sites (tertiary alicyclic amines) is 1. The van der Waals surface area contributed by atoms with Crippen LogP contribution < -0.4 is 0 Å². The van der Waals surface area contributed by atoms with Gasteiger partial charge in [-0.05, 0) is 50.6 Å². The normalized spacial score (nSPS) is 33.2. The lowest BCUT2D eigenvalue weighted by Gasteiger charge is -2.25. The van der Waals surface area contributed by atoms with E-state index in [0.29, 0.717) is 11.8 Å². The van der Waals surface area contributed by atoms with Crippen LogP contribution in [-0.2, 0) is 9.53 Å². The number of nitrogens with zero attached hydrogens (tertiary/aromatic N) is 1. The Bertz CT molecular complexity index is 303.